The first-order valence-corrected chi connectivity index (χ1v) is 4.54. The number of hydrogen-bond donors (Lipinski definition) is 1. The fourth-order valence-electron chi connectivity index (χ4n) is 1.04. The van der Waals surface area contributed by atoms with Crippen molar-refractivity contribution in [2.24, 2.45) is 11.7 Å². The fraction of sp³-hybridized carbons (Fsp3) is 0.182. The lowest BCUT2D eigenvalue weighted by atomic mass is 10.1. The molecular formula is C11H10N2O3. The summed E-state index contributed by atoms with van der Waals surface area (Å²) >= 11 is 0. The van der Waals surface area contributed by atoms with Crippen LogP contribution >= 0.6 is 0 Å². The van der Waals surface area contributed by atoms with Crippen molar-refractivity contribution in [3.05, 3.63) is 35.9 Å². The second-order valence-electron chi connectivity index (χ2n) is 3.06. The zero-order valence-electron chi connectivity index (χ0n) is 8.42. The van der Waals surface area contributed by atoms with E-state index in [1.807, 2.05) is 6.07 Å². The Hall–Kier alpha value is -2.35. The van der Waals surface area contributed by atoms with Crippen molar-refractivity contribution in [3.63, 3.8) is 0 Å². The van der Waals surface area contributed by atoms with Gasteiger partial charge in [0.2, 0.25) is 11.8 Å². The fourth-order valence-corrected chi connectivity index (χ4v) is 1.04. The Balaban J connectivity index is 2.54. The summed E-state index contributed by atoms with van der Waals surface area (Å²) in [6, 6.07) is 10.4. The minimum Gasteiger partial charge on any atom is -0.459 e. The Kier molecular flexibility index (Phi) is 4.04. The van der Waals surface area contributed by atoms with Gasteiger partial charge in [-0.15, -0.1) is 0 Å². The average Bonchev–Trinajstić information content (AvgIpc) is 2.28. The van der Waals surface area contributed by atoms with E-state index in [4.69, 9.17) is 15.7 Å². The molecule has 2 N–H and O–H groups in total. The Labute approximate surface area is 92.4 Å². The number of amides is 1. The minimum atomic E-state index is -1.54. The summed E-state index contributed by atoms with van der Waals surface area (Å²) in [5.41, 5.74) is 5.63. The molecule has 0 aromatic heterocycles. The van der Waals surface area contributed by atoms with Gasteiger partial charge in [-0.3, -0.25) is 9.59 Å². The largest absolute Gasteiger partial charge is 0.459 e. The molecule has 5 heteroatoms. The maximum absolute atomic E-state index is 11.2. The van der Waals surface area contributed by atoms with Crippen molar-refractivity contribution < 1.29 is 14.3 Å². The van der Waals surface area contributed by atoms with Crippen molar-refractivity contribution in [1.29, 1.82) is 5.26 Å². The molecule has 1 aromatic rings. The van der Waals surface area contributed by atoms with Crippen LogP contribution in [0, 0.1) is 17.2 Å². The van der Waals surface area contributed by atoms with E-state index in [9.17, 15) is 9.59 Å². The number of esters is 1. The topological polar surface area (TPSA) is 93.2 Å². The number of nitrogens with zero attached hydrogens (tertiary/aromatic N) is 1. The van der Waals surface area contributed by atoms with Gasteiger partial charge in [-0.1, -0.05) is 30.3 Å². The van der Waals surface area contributed by atoms with Crippen molar-refractivity contribution in [2.75, 3.05) is 0 Å². The molecule has 16 heavy (non-hydrogen) atoms. The number of nitrogens with two attached hydrogens (primary N) is 1. The third kappa shape index (κ3) is 3.10. The number of benzene rings is 1. The van der Waals surface area contributed by atoms with Crippen LogP contribution in [0.3, 0.4) is 0 Å². The van der Waals surface area contributed by atoms with Crippen molar-refractivity contribution >= 4 is 11.9 Å². The molecule has 82 valence electrons. The van der Waals surface area contributed by atoms with E-state index in [0.29, 0.717) is 0 Å². The Morgan fingerprint density at radius 2 is 2.00 bits per heavy atom. The molecule has 1 unspecified atom stereocenters. The molecule has 0 heterocycles. The monoisotopic (exact) mass is 218 g/mol. The number of nitriles is 1. The van der Waals surface area contributed by atoms with Crippen LogP contribution in [-0.4, -0.2) is 11.9 Å². The van der Waals surface area contributed by atoms with E-state index in [1.165, 1.54) is 6.07 Å². The van der Waals surface area contributed by atoms with Gasteiger partial charge in [0.1, 0.15) is 6.61 Å². The molecule has 5 nitrogen and oxygen atoms in total. The molecule has 0 spiro atoms. The third-order valence-corrected chi connectivity index (χ3v) is 1.87. The van der Waals surface area contributed by atoms with Crippen LogP contribution in [-0.2, 0) is 20.9 Å². The number of carbonyl (C=O) groups is 2. The van der Waals surface area contributed by atoms with Crippen LogP contribution in [0.2, 0.25) is 0 Å². The first-order valence-electron chi connectivity index (χ1n) is 4.54. The number of primary amides is 1. The quantitative estimate of drug-likeness (QED) is 0.583. The highest BCUT2D eigenvalue weighted by atomic mass is 16.5. The highest BCUT2D eigenvalue weighted by Gasteiger charge is 2.25. The average molecular weight is 218 g/mol. The van der Waals surface area contributed by atoms with Gasteiger partial charge in [-0.05, 0) is 5.56 Å². The summed E-state index contributed by atoms with van der Waals surface area (Å²) in [7, 11) is 0. The predicted octanol–water partition coefficient (Wildman–Crippen LogP) is 0.355. The second kappa shape index (κ2) is 5.51. The van der Waals surface area contributed by atoms with Gasteiger partial charge in [-0.25, -0.2) is 0 Å². The zero-order chi connectivity index (χ0) is 12.0. The van der Waals surface area contributed by atoms with Crippen molar-refractivity contribution in [3.8, 4) is 6.07 Å². The van der Waals surface area contributed by atoms with E-state index in [-0.39, 0.29) is 6.61 Å². The van der Waals surface area contributed by atoms with E-state index in [0.717, 1.165) is 5.56 Å². The van der Waals surface area contributed by atoms with Crippen LogP contribution in [0.5, 0.6) is 0 Å². The molecule has 0 saturated carbocycles. The van der Waals surface area contributed by atoms with Crippen LogP contribution in [0.4, 0.5) is 0 Å². The van der Waals surface area contributed by atoms with Gasteiger partial charge < -0.3 is 10.5 Å². The van der Waals surface area contributed by atoms with E-state index in [2.05, 4.69) is 0 Å². The molecule has 0 radical (unpaired) electrons. The summed E-state index contributed by atoms with van der Waals surface area (Å²) in [5, 5.41) is 8.51. The molecule has 1 atom stereocenters. The second-order valence-corrected chi connectivity index (χ2v) is 3.06. The predicted molar refractivity (Wildman–Crippen MR) is 54.5 cm³/mol. The highest BCUT2D eigenvalue weighted by Crippen LogP contribution is 2.04. The summed E-state index contributed by atoms with van der Waals surface area (Å²) in [6.45, 7) is 0.0190. The number of hydrogen-bond acceptors (Lipinski definition) is 4. The van der Waals surface area contributed by atoms with Gasteiger partial charge in [0.05, 0.1) is 6.07 Å². The molecular weight excluding hydrogens is 208 g/mol. The van der Waals surface area contributed by atoms with E-state index >= 15 is 0 Å². The first-order chi connectivity index (χ1) is 7.65. The maximum atomic E-state index is 11.2. The lowest BCUT2D eigenvalue weighted by Gasteiger charge is -2.06. The minimum absolute atomic E-state index is 0.0190. The molecule has 1 rings (SSSR count). The lowest BCUT2D eigenvalue weighted by Crippen LogP contribution is -2.30. The van der Waals surface area contributed by atoms with Crippen molar-refractivity contribution in [1.82, 2.24) is 0 Å². The molecule has 0 aliphatic rings. The van der Waals surface area contributed by atoms with Gasteiger partial charge in [0.25, 0.3) is 0 Å². The highest BCUT2D eigenvalue weighted by molar-refractivity contribution is 5.99. The van der Waals surface area contributed by atoms with Gasteiger partial charge in [0.15, 0.2) is 0 Å². The van der Waals surface area contributed by atoms with Crippen LogP contribution in [0.1, 0.15) is 5.56 Å². The molecule has 0 aliphatic carbocycles. The number of ether oxygens (including phenoxy) is 1. The normalized spacial score (nSPS) is 11.2. The molecule has 1 aromatic carbocycles. The number of rotatable bonds is 4. The third-order valence-electron chi connectivity index (χ3n) is 1.87. The molecule has 1 amide bonds. The molecule has 0 fully saturated rings. The van der Waals surface area contributed by atoms with Gasteiger partial charge in [-0.2, -0.15) is 5.26 Å². The standard InChI is InChI=1S/C11H10N2O3/c12-6-9(10(13)14)11(15)16-7-8-4-2-1-3-5-8/h1-5,9H,7H2,(H2,13,14). The summed E-state index contributed by atoms with van der Waals surface area (Å²) < 4.78 is 4.78. The zero-order valence-corrected chi connectivity index (χ0v) is 8.42. The van der Waals surface area contributed by atoms with Gasteiger partial charge in [0, 0.05) is 0 Å². The first kappa shape index (κ1) is 11.7. The van der Waals surface area contributed by atoms with Crippen molar-refractivity contribution in [2.45, 2.75) is 6.61 Å². The van der Waals surface area contributed by atoms with Crippen LogP contribution in [0.25, 0.3) is 0 Å². The molecule has 0 aliphatic heterocycles. The summed E-state index contributed by atoms with van der Waals surface area (Å²) in [4.78, 5) is 21.9. The van der Waals surface area contributed by atoms with E-state index in [1.54, 1.807) is 24.3 Å². The van der Waals surface area contributed by atoms with Gasteiger partial charge >= 0.3 is 5.97 Å². The SMILES string of the molecule is N#CC(C(N)=O)C(=O)OCc1ccccc1. The van der Waals surface area contributed by atoms with E-state index < -0.39 is 17.8 Å². The summed E-state index contributed by atoms with van der Waals surface area (Å²) in [6.07, 6.45) is 0. The summed E-state index contributed by atoms with van der Waals surface area (Å²) in [5.74, 6) is -3.46. The smallest absolute Gasteiger partial charge is 0.333 e. The Morgan fingerprint density at radius 1 is 1.38 bits per heavy atom. The van der Waals surface area contributed by atoms with Crippen LogP contribution < -0.4 is 5.73 Å². The maximum Gasteiger partial charge on any atom is 0.333 e. The Bertz CT molecular complexity index is 423. The Morgan fingerprint density at radius 3 is 2.50 bits per heavy atom. The molecule has 0 saturated heterocycles. The van der Waals surface area contributed by atoms with Crippen LogP contribution in [0.15, 0.2) is 30.3 Å². The lowest BCUT2D eigenvalue weighted by molar-refractivity contribution is -0.150. The molecule has 0 bridgehead atoms. The number of carbonyl (C=O) groups excluding carboxylic acids is 2.